The fourth-order valence-electron chi connectivity index (χ4n) is 9.58. The molecule has 0 fully saturated rings. The van der Waals surface area contributed by atoms with Crippen molar-refractivity contribution in [3.8, 4) is 0 Å². The number of nitrogens with zero attached hydrogens (tertiary/aromatic N) is 1. The Morgan fingerprint density at radius 2 is 0.600 bits per heavy atom. The molecule has 0 spiro atoms. The predicted molar refractivity (Wildman–Crippen MR) is 387 cm³/mol. The Kier molecular flexibility index (Phi) is 65.6. The normalized spacial score (nSPS) is 14.1. The van der Waals surface area contributed by atoms with E-state index in [1.807, 2.05) is 21.1 Å². The molecule has 512 valence electrons. The molecule has 0 heterocycles. The lowest BCUT2D eigenvalue weighted by Crippen LogP contribution is -2.37. The van der Waals surface area contributed by atoms with Gasteiger partial charge in [-0.15, -0.1) is 0 Å². The van der Waals surface area contributed by atoms with E-state index in [0.717, 1.165) is 128 Å². The molecule has 0 aromatic carbocycles. The smallest absolute Gasteiger partial charge is 0.306 e. The molecule has 0 aromatic heterocycles. The quantitative estimate of drug-likeness (QED) is 0.0195. The van der Waals surface area contributed by atoms with Crippen LogP contribution in [0.4, 0.5) is 0 Å². The number of esters is 2. The van der Waals surface area contributed by atoms with Crippen LogP contribution >= 0.6 is 7.82 Å². The second-order valence-corrected chi connectivity index (χ2v) is 26.2. The third-order valence-corrected chi connectivity index (χ3v) is 16.0. The summed E-state index contributed by atoms with van der Waals surface area (Å²) in [6, 6.07) is 0. The Hall–Kier alpha value is -4.37. The lowest BCUT2D eigenvalue weighted by molar-refractivity contribution is -0.870. The molecule has 10 heteroatoms. The number of ether oxygens (including phenoxy) is 2. The topological polar surface area (TPSA) is 111 Å². The summed E-state index contributed by atoms with van der Waals surface area (Å²) in [6.07, 6.45) is 103. The molecule has 0 rings (SSSR count). The van der Waals surface area contributed by atoms with Crippen LogP contribution in [0.25, 0.3) is 0 Å². The monoisotopic (exact) mass is 1270 g/mol. The highest BCUT2D eigenvalue weighted by Gasteiger charge is 2.22. The van der Waals surface area contributed by atoms with Crippen LogP contribution in [0.15, 0.2) is 158 Å². The summed E-state index contributed by atoms with van der Waals surface area (Å²) >= 11 is 0. The number of hydrogen-bond acceptors (Lipinski definition) is 8. The van der Waals surface area contributed by atoms with Gasteiger partial charge in [-0.1, -0.05) is 307 Å². The van der Waals surface area contributed by atoms with Gasteiger partial charge in [0.15, 0.2) is 6.10 Å². The molecule has 0 aliphatic heterocycles. The third kappa shape index (κ3) is 72.7. The molecule has 9 nitrogen and oxygen atoms in total. The molecular formula is C80H134NO8P. The van der Waals surface area contributed by atoms with E-state index in [0.29, 0.717) is 17.4 Å². The summed E-state index contributed by atoms with van der Waals surface area (Å²) in [6.45, 7) is 4.01. The van der Waals surface area contributed by atoms with Crippen LogP contribution in [0.3, 0.4) is 0 Å². The van der Waals surface area contributed by atoms with Crippen molar-refractivity contribution >= 4 is 19.8 Å². The van der Waals surface area contributed by atoms with E-state index in [-0.39, 0.29) is 32.0 Å². The highest BCUT2D eigenvalue weighted by Crippen LogP contribution is 2.38. The van der Waals surface area contributed by atoms with Crippen molar-refractivity contribution in [3.63, 3.8) is 0 Å². The maximum absolute atomic E-state index is 12.9. The fraction of sp³-hybridized carbons (Fsp3) is 0.650. The minimum atomic E-state index is -4.65. The minimum absolute atomic E-state index is 0.0381. The zero-order chi connectivity index (χ0) is 65.5. The summed E-state index contributed by atoms with van der Waals surface area (Å²) in [5, 5.41) is 0. The molecule has 0 bridgehead atoms. The molecular weight excluding hydrogens is 1130 g/mol. The first kappa shape index (κ1) is 85.6. The summed E-state index contributed by atoms with van der Waals surface area (Å²) < 4.78 is 34.3. The molecule has 90 heavy (non-hydrogen) atoms. The second-order valence-electron chi connectivity index (χ2n) is 24.8. The second kappa shape index (κ2) is 69.0. The summed E-state index contributed by atoms with van der Waals surface area (Å²) in [5.74, 6) is -0.840. The lowest BCUT2D eigenvalue weighted by Gasteiger charge is -2.28. The molecule has 0 amide bonds. The average molecular weight is 1270 g/mol. The predicted octanol–water partition coefficient (Wildman–Crippen LogP) is 23.3. The van der Waals surface area contributed by atoms with E-state index in [9.17, 15) is 19.0 Å². The number of carbonyl (C=O) groups excluding carboxylic acids is 2. The van der Waals surface area contributed by atoms with E-state index >= 15 is 0 Å². The fourth-order valence-corrected chi connectivity index (χ4v) is 10.3. The van der Waals surface area contributed by atoms with Gasteiger partial charge in [0.1, 0.15) is 19.8 Å². The Morgan fingerprint density at radius 1 is 0.344 bits per heavy atom. The van der Waals surface area contributed by atoms with Crippen LogP contribution in [0, 0.1) is 0 Å². The van der Waals surface area contributed by atoms with Gasteiger partial charge < -0.3 is 27.9 Å². The van der Waals surface area contributed by atoms with Crippen molar-refractivity contribution in [2.45, 2.75) is 290 Å². The number of phosphoric acid groups is 1. The van der Waals surface area contributed by atoms with Crippen LogP contribution < -0.4 is 4.89 Å². The van der Waals surface area contributed by atoms with Gasteiger partial charge in [-0.25, -0.2) is 0 Å². The van der Waals surface area contributed by atoms with Crippen LogP contribution in [0.2, 0.25) is 0 Å². The number of carbonyl (C=O) groups is 2. The SMILES string of the molecule is CC/C=C\C/C=C\C/C=C\C/C=C\C/C=C\C/C=C\C/C=C\CCCCCCCCCCCCCC(=O)OC(COC(=O)CCCCCCCCCCCCCCCC/C=C\C/C=C\C/C=C\C/C=C\C/C=C\C/C=C\CC)COP(=O)([O-])OCC[N+](C)(C)C. The number of quaternary nitrogens is 1. The average Bonchev–Trinajstić information content (AvgIpc) is 3.58. The van der Waals surface area contributed by atoms with Crippen LogP contribution in [-0.2, 0) is 32.7 Å². The molecule has 0 radical (unpaired) electrons. The van der Waals surface area contributed by atoms with Gasteiger partial charge in [0.25, 0.3) is 7.82 Å². The van der Waals surface area contributed by atoms with Gasteiger partial charge in [0, 0.05) is 12.8 Å². The molecule has 0 aliphatic rings. The van der Waals surface area contributed by atoms with Crippen LogP contribution in [0.1, 0.15) is 284 Å². The minimum Gasteiger partial charge on any atom is -0.756 e. The van der Waals surface area contributed by atoms with E-state index in [2.05, 4.69) is 172 Å². The number of hydrogen-bond donors (Lipinski definition) is 0. The van der Waals surface area contributed by atoms with Gasteiger partial charge in [-0.05, 0) is 122 Å². The molecule has 0 aliphatic carbocycles. The van der Waals surface area contributed by atoms with Gasteiger partial charge in [-0.3, -0.25) is 14.2 Å². The van der Waals surface area contributed by atoms with Crippen molar-refractivity contribution in [2.24, 2.45) is 0 Å². The summed E-state index contributed by atoms with van der Waals surface area (Å²) in [7, 11) is 1.15. The highest BCUT2D eigenvalue weighted by molar-refractivity contribution is 7.45. The number of allylic oxidation sites excluding steroid dienone is 26. The van der Waals surface area contributed by atoms with E-state index < -0.39 is 26.5 Å². The van der Waals surface area contributed by atoms with Crippen molar-refractivity contribution in [1.29, 1.82) is 0 Å². The standard InChI is InChI=1S/C80H134NO8P/c1-6-8-10-12-14-16-18-20-22-24-26-28-30-32-34-36-38-40-42-44-46-48-50-52-54-56-58-60-62-64-66-68-70-72-79(82)86-76-78(77-88-90(84,85)87-75-74-81(3,4)5)89-80(83)73-71-69-67-65-63-61-59-57-55-53-51-49-47-45-43-41-39-37-35-33-31-29-27-25-23-21-19-17-15-13-11-9-7-2/h8-11,14-17,20-23,26-29,32-35,38-41,45,47,78H,6-7,12-13,18-19,24-25,30-31,36-37,42-44,46,48-77H2,1-5H3/b10-8-,11-9-,16-14-,17-15-,22-20-,23-21-,28-26-,29-27-,34-32-,35-33-,40-38-,41-39-,47-45-. The number of unbranched alkanes of at least 4 members (excludes halogenated alkanes) is 25. The van der Waals surface area contributed by atoms with Gasteiger partial charge in [0.05, 0.1) is 27.7 Å². The molecule has 2 unspecified atom stereocenters. The largest absolute Gasteiger partial charge is 0.756 e. The maximum Gasteiger partial charge on any atom is 0.306 e. The van der Waals surface area contributed by atoms with Crippen molar-refractivity contribution in [1.82, 2.24) is 0 Å². The van der Waals surface area contributed by atoms with Crippen molar-refractivity contribution < 1.29 is 42.1 Å². The first-order valence-electron chi connectivity index (χ1n) is 36.2. The molecule has 0 saturated carbocycles. The lowest BCUT2D eigenvalue weighted by atomic mass is 10.0. The molecule has 0 aromatic rings. The van der Waals surface area contributed by atoms with Gasteiger partial charge >= 0.3 is 11.9 Å². The molecule has 2 atom stereocenters. The Bertz CT molecular complexity index is 2080. The number of phosphoric ester groups is 1. The Labute approximate surface area is 554 Å². The zero-order valence-corrected chi connectivity index (χ0v) is 59.2. The third-order valence-electron chi connectivity index (χ3n) is 15.0. The van der Waals surface area contributed by atoms with Gasteiger partial charge in [0.2, 0.25) is 0 Å². The Balaban J connectivity index is 4.08. The van der Waals surface area contributed by atoms with Crippen molar-refractivity contribution in [3.05, 3.63) is 158 Å². The van der Waals surface area contributed by atoms with Crippen molar-refractivity contribution in [2.75, 3.05) is 47.5 Å². The zero-order valence-electron chi connectivity index (χ0n) is 58.3. The van der Waals surface area contributed by atoms with Gasteiger partial charge in [-0.2, -0.15) is 0 Å². The number of likely N-dealkylation sites (N-methyl/N-ethyl adjacent to an activating group) is 1. The first-order chi connectivity index (χ1) is 44.0. The van der Waals surface area contributed by atoms with Crippen LogP contribution in [0.5, 0.6) is 0 Å². The van der Waals surface area contributed by atoms with E-state index in [1.54, 1.807) is 0 Å². The molecule has 0 saturated heterocycles. The summed E-state index contributed by atoms with van der Waals surface area (Å²) in [5.41, 5.74) is 0. The summed E-state index contributed by atoms with van der Waals surface area (Å²) in [4.78, 5) is 38.1. The maximum atomic E-state index is 12.9. The number of rotatable bonds is 65. The first-order valence-corrected chi connectivity index (χ1v) is 37.7. The van der Waals surface area contributed by atoms with Crippen LogP contribution in [-0.4, -0.2) is 70.0 Å². The Morgan fingerprint density at radius 3 is 0.889 bits per heavy atom. The molecule has 0 N–H and O–H groups in total. The van der Waals surface area contributed by atoms with E-state index in [1.165, 1.54) is 122 Å². The van der Waals surface area contributed by atoms with E-state index in [4.69, 9.17) is 18.5 Å². The highest BCUT2D eigenvalue weighted by atomic mass is 31.2.